The van der Waals surface area contributed by atoms with Crippen LogP contribution >= 0.6 is 0 Å². The van der Waals surface area contributed by atoms with Crippen molar-refractivity contribution in [3.63, 3.8) is 0 Å². The molecule has 3 aromatic heterocycles. The van der Waals surface area contributed by atoms with E-state index in [-0.39, 0.29) is 41.2 Å². The predicted octanol–water partition coefficient (Wildman–Crippen LogP) is 6.54. The molecule has 0 amide bonds. The van der Waals surface area contributed by atoms with E-state index in [0.29, 0.717) is 30.6 Å². The number of hydrogen-bond donors (Lipinski definition) is 2. The summed E-state index contributed by atoms with van der Waals surface area (Å²) in [5.41, 5.74) is 0.223. The van der Waals surface area contributed by atoms with E-state index in [1.807, 2.05) is 12.1 Å². The molecule has 1 aliphatic rings. The van der Waals surface area contributed by atoms with Crippen LogP contribution in [0.5, 0.6) is 0 Å². The molecule has 2 N–H and O–H groups in total. The summed E-state index contributed by atoms with van der Waals surface area (Å²) in [7, 11) is -4.08. The minimum absolute atomic E-state index is 0.00746. The maximum absolute atomic E-state index is 14.2. The van der Waals surface area contributed by atoms with Crippen LogP contribution in [0.4, 0.5) is 16.0 Å². The number of halogens is 1. The Labute approximate surface area is 300 Å². The molecular weight excluding hydrogens is 680 g/mol. The number of nitrogens with one attached hydrogen (secondary N) is 2. The quantitative estimate of drug-likeness (QED) is 0.111. The second-order valence-corrected chi connectivity index (χ2v) is 25.6. The van der Waals surface area contributed by atoms with Crippen molar-refractivity contribution in [3.05, 3.63) is 106 Å². The van der Waals surface area contributed by atoms with E-state index < -0.39 is 27.8 Å². The Hall–Kier alpha value is -4.18. The monoisotopic (exact) mass is 728 g/mol. The van der Waals surface area contributed by atoms with Gasteiger partial charge in [-0.1, -0.05) is 101 Å². The molecule has 6 rings (SSSR count). The standard InChI is InChI=1S/C38H49FN6O4Si2/c1-38(2,3)51(30-13-9-7-10-14-30,31-15-11-8-12-16-31)49-29-19-17-28(18-20-29)45-34-33(44(37(45)47)26-48-21-22-50(4,5)6)25-41-36(43-34)42-32-23-27(39)24-40-35(32)46/h7-16,23-25,28-29H,17-22,26H2,1-6H3,(H,40,46)(H,41,42,43)/t28-,29-. The number of imidazole rings is 1. The summed E-state index contributed by atoms with van der Waals surface area (Å²) < 4.78 is 30.8. The van der Waals surface area contributed by atoms with Gasteiger partial charge >= 0.3 is 5.69 Å². The van der Waals surface area contributed by atoms with Gasteiger partial charge in [0.25, 0.3) is 13.9 Å². The molecule has 270 valence electrons. The third-order valence-corrected chi connectivity index (χ3v) is 16.6. The van der Waals surface area contributed by atoms with Gasteiger partial charge in [0.15, 0.2) is 5.65 Å². The van der Waals surface area contributed by atoms with E-state index in [2.05, 4.69) is 104 Å². The molecule has 0 aliphatic heterocycles. The summed E-state index contributed by atoms with van der Waals surface area (Å²) in [5, 5.41) is 5.18. The summed E-state index contributed by atoms with van der Waals surface area (Å²) >= 11 is 0. The van der Waals surface area contributed by atoms with E-state index in [9.17, 15) is 14.0 Å². The molecule has 3 heterocycles. The van der Waals surface area contributed by atoms with E-state index in [4.69, 9.17) is 14.1 Å². The number of aromatic nitrogens is 5. The molecule has 10 nitrogen and oxygen atoms in total. The highest BCUT2D eigenvalue weighted by atomic mass is 28.4. The van der Waals surface area contributed by atoms with Gasteiger partial charge in [0.2, 0.25) is 5.95 Å². The number of fused-ring (bicyclic) bond motifs is 1. The molecule has 13 heteroatoms. The third kappa shape index (κ3) is 7.86. The lowest BCUT2D eigenvalue weighted by Gasteiger charge is -2.46. The third-order valence-electron chi connectivity index (χ3n) is 9.81. The SMILES string of the molecule is CC(C)(C)[Si](O[C@H]1CC[C@H](n2c(=O)n(COCC[Si](C)(C)C)c3cnc(Nc4cc(F)c[nH]c4=O)nc32)CC1)(c1ccccc1)c1ccccc1. The lowest BCUT2D eigenvalue weighted by atomic mass is 9.93. The Kier molecular flexibility index (Phi) is 10.6. The van der Waals surface area contributed by atoms with Crippen molar-refractivity contribution in [3.8, 4) is 0 Å². The van der Waals surface area contributed by atoms with Crippen molar-refractivity contribution in [1.82, 2.24) is 24.1 Å². The highest BCUT2D eigenvalue weighted by Gasteiger charge is 2.51. The van der Waals surface area contributed by atoms with Gasteiger partial charge in [-0.05, 0) is 47.1 Å². The van der Waals surface area contributed by atoms with Crippen LogP contribution < -0.4 is 26.9 Å². The Balaban J connectivity index is 1.31. The fraction of sp³-hybridized carbons (Fsp3) is 0.421. The topological polar surface area (TPSA) is 116 Å². The predicted molar refractivity (Wildman–Crippen MR) is 206 cm³/mol. The summed E-state index contributed by atoms with van der Waals surface area (Å²) in [6.45, 7) is 14.4. The van der Waals surface area contributed by atoms with Crippen molar-refractivity contribution in [2.45, 2.75) is 96.1 Å². The van der Waals surface area contributed by atoms with E-state index >= 15 is 0 Å². The second-order valence-electron chi connectivity index (χ2n) is 15.7. The highest BCUT2D eigenvalue weighted by molar-refractivity contribution is 6.99. The molecule has 0 bridgehead atoms. The largest absolute Gasteiger partial charge is 0.404 e. The normalized spacial score (nSPS) is 17.2. The number of ether oxygens (including phenoxy) is 1. The van der Waals surface area contributed by atoms with Crippen LogP contribution in [0.15, 0.2) is 88.7 Å². The fourth-order valence-electron chi connectivity index (χ4n) is 7.14. The van der Waals surface area contributed by atoms with Crippen molar-refractivity contribution >= 4 is 49.6 Å². The van der Waals surface area contributed by atoms with E-state index in [0.717, 1.165) is 31.1 Å². The highest BCUT2D eigenvalue weighted by Crippen LogP contribution is 2.40. The van der Waals surface area contributed by atoms with Crippen molar-refractivity contribution < 1.29 is 13.6 Å². The zero-order valence-corrected chi connectivity index (χ0v) is 32.4. The van der Waals surface area contributed by atoms with Gasteiger partial charge in [-0.2, -0.15) is 4.98 Å². The first kappa shape index (κ1) is 36.6. The average Bonchev–Trinajstić information content (AvgIpc) is 3.37. The molecule has 1 saturated carbocycles. The summed E-state index contributed by atoms with van der Waals surface area (Å²) in [4.78, 5) is 38.1. The number of H-pyrrole nitrogens is 1. The van der Waals surface area contributed by atoms with Gasteiger partial charge in [-0.25, -0.2) is 14.2 Å². The number of rotatable bonds is 12. The van der Waals surface area contributed by atoms with Crippen LogP contribution in [0.25, 0.3) is 11.2 Å². The van der Waals surface area contributed by atoms with Crippen molar-refractivity contribution in [2.24, 2.45) is 0 Å². The minimum Gasteiger partial charge on any atom is -0.404 e. The van der Waals surface area contributed by atoms with Crippen LogP contribution in [0, 0.1) is 5.82 Å². The lowest BCUT2D eigenvalue weighted by molar-refractivity contribution is 0.0858. The molecule has 51 heavy (non-hydrogen) atoms. The minimum atomic E-state index is -2.74. The van der Waals surface area contributed by atoms with Gasteiger partial charge < -0.3 is 19.5 Å². The first-order chi connectivity index (χ1) is 24.3. The van der Waals surface area contributed by atoms with Gasteiger partial charge in [0, 0.05) is 39.1 Å². The summed E-state index contributed by atoms with van der Waals surface area (Å²) in [5.74, 6) is -0.512. The Morgan fingerprint density at radius 3 is 2.18 bits per heavy atom. The molecular formula is C38H49FN6O4Si2. The second kappa shape index (κ2) is 14.8. The molecule has 0 atom stereocenters. The number of anilines is 2. The maximum Gasteiger partial charge on any atom is 0.332 e. The number of pyridine rings is 1. The van der Waals surface area contributed by atoms with Gasteiger partial charge in [-0.3, -0.25) is 13.9 Å². The molecule has 1 fully saturated rings. The Bertz CT molecular complexity index is 2020. The zero-order valence-electron chi connectivity index (χ0n) is 30.4. The molecule has 0 radical (unpaired) electrons. The lowest BCUT2D eigenvalue weighted by Crippen LogP contribution is -2.67. The smallest absolute Gasteiger partial charge is 0.332 e. The van der Waals surface area contributed by atoms with Crippen LogP contribution in [-0.4, -0.2) is 53.2 Å². The molecule has 0 spiro atoms. The van der Waals surface area contributed by atoms with Crippen LogP contribution in [-0.2, 0) is 15.9 Å². The van der Waals surface area contributed by atoms with E-state index in [1.165, 1.54) is 10.4 Å². The number of nitrogens with zero attached hydrogens (tertiary/aromatic N) is 4. The van der Waals surface area contributed by atoms with Gasteiger partial charge in [0.1, 0.15) is 23.8 Å². The van der Waals surface area contributed by atoms with Crippen LogP contribution in [0.1, 0.15) is 52.5 Å². The first-order valence-corrected chi connectivity index (χ1v) is 23.4. The van der Waals surface area contributed by atoms with Crippen molar-refractivity contribution in [2.75, 3.05) is 11.9 Å². The van der Waals surface area contributed by atoms with Crippen LogP contribution in [0.2, 0.25) is 30.7 Å². The maximum atomic E-state index is 14.2. The number of aromatic amines is 1. The molecule has 5 aromatic rings. The van der Waals surface area contributed by atoms with Gasteiger partial charge in [0.05, 0.1) is 6.20 Å². The first-order valence-electron chi connectivity index (χ1n) is 17.8. The number of hydrogen-bond acceptors (Lipinski definition) is 7. The molecule has 2 aromatic carbocycles. The van der Waals surface area contributed by atoms with E-state index in [1.54, 1.807) is 15.3 Å². The fourth-order valence-corrected chi connectivity index (χ4v) is 12.6. The summed E-state index contributed by atoms with van der Waals surface area (Å²) in [6.07, 6.45) is 5.55. The summed E-state index contributed by atoms with van der Waals surface area (Å²) in [6, 6.07) is 23.2. The number of benzene rings is 2. The molecule has 1 aliphatic carbocycles. The molecule has 0 saturated heterocycles. The average molecular weight is 729 g/mol. The van der Waals surface area contributed by atoms with Crippen molar-refractivity contribution in [1.29, 1.82) is 0 Å². The Morgan fingerprint density at radius 1 is 0.961 bits per heavy atom. The Morgan fingerprint density at radius 2 is 1.59 bits per heavy atom. The van der Waals surface area contributed by atoms with Crippen LogP contribution in [0.3, 0.4) is 0 Å². The zero-order chi connectivity index (χ0) is 36.4. The van der Waals surface area contributed by atoms with Gasteiger partial charge in [-0.15, -0.1) is 0 Å². The molecule has 0 unspecified atom stereocenters.